The molecule has 2 aromatic rings. The van der Waals surface area contributed by atoms with Crippen LogP contribution in [0, 0.1) is 5.82 Å². The molecule has 0 bridgehead atoms. The van der Waals surface area contributed by atoms with Crippen molar-refractivity contribution in [3.63, 3.8) is 0 Å². The molecule has 0 aliphatic heterocycles. The molecule has 19 heavy (non-hydrogen) atoms. The zero-order valence-corrected chi connectivity index (χ0v) is 10.8. The molecule has 0 heterocycles. The molecular weight excluding hydrogens is 241 g/mol. The van der Waals surface area contributed by atoms with Crippen LogP contribution in [0.4, 0.5) is 4.39 Å². The van der Waals surface area contributed by atoms with E-state index in [4.69, 9.17) is 10.5 Å². The van der Waals surface area contributed by atoms with Crippen LogP contribution < -0.4 is 10.5 Å². The molecule has 0 saturated heterocycles. The highest BCUT2D eigenvalue weighted by molar-refractivity contribution is 5.33. The van der Waals surface area contributed by atoms with Gasteiger partial charge in [0.25, 0.3) is 0 Å². The maximum atomic E-state index is 13.0. The van der Waals surface area contributed by atoms with Crippen molar-refractivity contribution in [2.45, 2.75) is 19.4 Å². The van der Waals surface area contributed by atoms with Gasteiger partial charge < -0.3 is 10.5 Å². The molecule has 0 spiro atoms. The highest BCUT2D eigenvalue weighted by Crippen LogP contribution is 2.19. The van der Waals surface area contributed by atoms with Crippen molar-refractivity contribution in [1.29, 1.82) is 0 Å². The maximum absolute atomic E-state index is 13.0. The van der Waals surface area contributed by atoms with E-state index >= 15 is 0 Å². The molecule has 2 rings (SSSR count). The minimum absolute atomic E-state index is 0.280. The van der Waals surface area contributed by atoms with Crippen LogP contribution >= 0.6 is 0 Å². The van der Waals surface area contributed by atoms with Crippen molar-refractivity contribution >= 4 is 0 Å². The molecule has 100 valence electrons. The topological polar surface area (TPSA) is 35.2 Å². The van der Waals surface area contributed by atoms with E-state index < -0.39 is 0 Å². The van der Waals surface area contributed by atoms with E-state index in [1.165, 1.54) is 17.7 Å². The van der Waals surface area contributed by atoms with Gasteiger partial charge in [0.15, 0.2) is 0 Å². The summed E-state index contributed by atoms with van der Waals surface area (Å²) in [5, 5.41) is 0. The van der Waals surface area contributed by atoms with Gasteiger partial charge in [0, 0.05) is 12.1 Å². The average Bonchev–Trinajstić information content (AvgIpc) is 2.46. The molecule has 0 radical (unpaired) electrons. The number of nitrogens with two attached hydrogens (primary N) is 1. The zero-order valence-electron chi connectivity index (χ0n) is 10.8. The van der Waals surface area contributed by atoms with Crippen LogP contribution in [0.3, 0.4) is 0 Å². The molecule has 0 aliphatic carbocycles. The van der Waals surface area contributed by atoms with Crippen molar-refractivity contribution in [2.75, 3.05) is 6.61 Å². The Bertz CT molecular complexity index is 513. The normalized spacial score (nSPS) is 10.4. The van der Waals surface area contributed by atoms with E-state index in [2.05, 4.69) is 12.1 Å². The highest BCUT2D eigenvalue weighted by atomic mass is 19.1. The first-order valence-corrected chi connectivity index (χ1v) is 6.45. The predicted octanol–water partition coefficient (Wildman–Crippen LogP) is 3.30. The maximum Gasteiger partial charge on any atom is 0.123 e. The van der Waals surface area contributed by atoms with Crippen LogP contribution in [0.2, 0.25) is 0 Å². The Hall–Kier alpha value is -1.87. The molecule has 2 N–H and O–H groups in total. The third-order valence-corrected chi connectivity index (χ3v) is 2.95. The van der Waals surface area contributed by atoms with Gasteiger partial charge in [-0.05, 0) is 36.6 Å². The minimum atomic E-state index is -0.280. The van der Waals surface area contributed by atoms with Gasteiger partial charge in [-0.15, -0.1) is 0 Å². The highest BCUT2D eigenvalue weighted by Gasteiger charge is 2.03. The van der Waals surface area contributed by atoms with Gasteiger partial charge in [0.1, 0.15) is 11.6 Å². The molecule has 2 aromatic carbocycles. The monoisotopic (exact) mass is 259 g/mol. The Labute approximate surface area is 113 Å². The lowest BCUT2D eigenvalue weighted by molar-refractivity contribution is 0.307. The first-order valence-electron chi connectivity index (χ1n) is 6.45. The van der Waals surface area contributed by atoms with Crippen molar-refractivity contribution in [3.8, 4) is 5.75 Å². The molecule has 0 amide bonds. The molecule has 0 saturated carbocycles. The Morgan fingerprint density at radius 3 is 2.58 bits per heavy atom. The van der Waals surface area contributed by atoms with E-state index in [-0.39, 0.29) is 12.4 Å². The molecule has 0 aliphatic rings. The number of hydrogen-bond acceptors (Lipinski definition) is 2. The van der Waals surface area contributed by atoms with E-state index in [1.54, 1.807) is 6.07 Å². The third kappa shape index (κ3) is 4.07. The molecule has 0 unspecified atom stereocenters. The summed E-state index contributed by atoms with van der Waals surface area (Å²) in [7, 11) is 0. The second kappa shape index (κ2) is 6.90. The van der Waals surface area contributed by atoms with Crippen LogP contribution in [0.15, 0.2) is 48.5 Å². The van der Waals surface area contributed by atoms with Crippen molar-refractivity contribution < 1.29 is 9.13 Å². The number of aryl methyl sites for hydroxylation is 1. The lowest BCUT2D eigenvalue weighted by Gasteiger charge is -2.10. The summed E-state index contributed by atoms with van der Waals surface area (Å²) in [5.74, 6) is 0.397. The molecule has 0 fully saturated rings. The van der Waals surface area contributed by atoms with Crippen LogP contribution in [-0.2, 0) is 13.0 Å². The Kier molecular flexibility index (Phi) is 4.93. The smallest absolute Gasteiger partial charge is 0.123 e. The van der Waals surface area contributed by atoms with Crippen LogP contribution in [0.5, 0.6) is 5.75 Å². The van der Waals surface area contributed by atoms with Gasteiger partial charge in [-0.1, -0.05) is 30.3 Å². The Morgan fingerprint density at radius 1 is 1.05 bits per heavy atom. The van der Waals surface area contributed by atoms with Gasteiger partial charge in [-0.25, -0.2) is 4.39 Å². The lowest BCUT2D eigenvalue weighted by Crippen LogP contribution is -2.05. The fourth-order valence-corrected chi connectivity index (χ4v) is 1.95. The van der Waals surface area contributed by atoms with Crippen molar-refractivity contribution in [2.24, 2.45) is 5.73 Å². The van der Waals surface area contributed by atoms with Crippen LogP contribution in [0.1, 0.15) is 17.5 Å². The fourth-order valence-electron chi connectivity index (χ4n) is 1.95. The van der Waals surface area contributed by atoms with Gasteiger partial charge in [0.2, 0.25) is 0 Å². The van der Waals surface area contributed by atoms with Crippen LogP contribution in [-0.4, -0.2) is 6.61 Å². The van der Waals surface area contributed by atoms with Gasteiger partial charge in [-0.2, -0.15) is 0 Å². The van der Waals surface area contributed by atoms with Crippen molar-refractivity contribution in [3.05, 3.63) is 65.5 Å². The fraction of sp³-hybridized carbons (Fsp3) is 0.250. The zero-order chi connectivity index (χ0) is 13.5. The van der Waals surface area contributed by atoms with Crippen molar-refractivity contribution in [1.82, 2.24) is 0 Å². The first kappa shape index (κ1) is 13.6. The number of benzene rings is 2. The summed E-state index contributed by atoms with van der Waals surface area (Å²) in [6.45, 7) is 0.888. The summed E-state index contributed by atoms with van der Waals surface area (Å²) in [5.41, 5.74) is 7.57. The van der Waals surface area contributed by atoms with E-state index in [0.29, 0.717) is 17.9 Å². The van der Waals surface area contributed by atoms with E-state index in [0.717, 1.165) is 12.8 Å². The molecule has 0 atom stereocenters. The number of rotatable bonds is 6. The van der Waals surface area contributed by atoms with Crippen LogP contribution in [0.25, 0.3) is 0 Å². The van der Waals surface area contributed by atoms with Gasteiger partial charge in [-0.3, -0.25) is 0 Å². The lowest BCUT2D eigenvalue weighted by atomic mass is 10.1. The Balaban J connectivity index is 1.83. The van der Waals surface area contributed by atoms with E-state index in [1.807, 2.05) is 18.2 Å². The quantitative estimate of drug-likeness (QED) is 0.808. The standard InChI is InChI=1S/C16H18FNO/c17-15-8-9-16(14(11-15)12-18)19-10-4-7-13-5-2-1-3-6-13/h1-3,5-6,8-9,11H,4,7,10,12,18H2. The Morgan fingerprint density at radius 2 is 1.84 bits per heavy atom. The molecule has 3 heteroatoms. The predicted molar refractivity (Wildman–Crippen MR) is 74.5 cm³/mol. The minimum Gasteiger partial charge on any atom is -0.493 e. The molecular formula is C16H18FNO. The number of hydrogen-bond donors (Lipinski definition) is 1. The second-order valence-electron chi connectivity index (χ2n) is 4.39. The van der Waals surface area contributed by atoms with Gasteiger partial charge in [0.05, 0.1) is 6.61 Å². The molecule has 2 nitrogen and oxygen atoms in total. The summed E-state index contributed by atoms with van der Waals surface area (Å²) < 4.78 is 18.7. The number of halogens is 1. The third-order valence-electron chi connectivity index (χ3n) is 2.95. The average molecular weight is 259 g/mol. The summed E-state index contributed by atoms with van der Waals surface area (Å²) in [6, 6.07) is 14.7. The first-order chi connectivity index (χ1) is 9.29. The summed E-state index contributed by atoms with van der Waals surface area (Å²) >= 11 is 0. The SMILES string of the molecule is NCc1cc(F)ccc1OCCCc1ccccc1. The van der Waals surface area contributed by atoms with Gasteiger partial charge >= 0.3 is 0 Å². The summed E-state index contributed by atoms with van der Waals surface area (Å²) in [4.78, 5) is 0. The summed E-state index contributed by atoms with van der Waals surface area (Å²) in [6.07, 6.45) is 1.89. The molecule has 0 aromatic heterocycles. The largest absolute Gasteiger partial charge is 0.493 e. The second-order valence-corrected chi connectivity index (χ2v) is 4.39. The van der Waals surface area contributed by atoms with E-state index in [9.17, 15) is 4.39 Å². The number of ether oxygens (including phenoxy) is 1.